The molecule has 0 spiro atoms. The van der Waals surface area contributed by atoms with Crippen molar-refractivity contribution < 1.29 is 9.73 Å². The van der Waals surface area contributed by atoms with Gasteiger partial charge in [-0.15, -0.1) is 0 Å². The third-order valence-corrected chi connectivity index (χ3v) is 4.31. The van der Waals surface area contributed by atoms with Gasteiger partial charge in [-0.2, -0.15) is 0 Å². The Labute approximate surface area is 136 Å². The number of hydrogen-bond acceptors (Lipinski definition) is 2. The lowest BCUT2D eigenvalue weighted by Gasteiger charge is -2.08. The minimum atomic E-state index is -0.278. The van der Waals surface area contributed by atoms with Gasteiger partial charge in [0.25, 0.3) is 0 Å². The van der Waals surface area contributed by atoms with Gasteiger partial charge in [0, 0.05) is 22.6 Å². The molecule has 0 aliphatic rings. The second kappa shape index (κ2) is 6.39. The summed E-state index contributed by atoms with van der Waals surface area (Å²) in [6, 6.07) is 14.2. The predicted molar refractivity (Wildman–Crippen MR) is 92.5 cm³/mol. The van der Waals surface area contributed by atoms with Crippen molar-refractivity contribution in [2.24, 2.45) is 0 Å². The Balaban J connectivity index is 1.83. The normalized spacial score (nSPS) is 11.1. The molecule has 1 aromatic heterocycles. The minimum Gasteiger partial charge on any atom is -0.423 e. The highest BCUT2D eigenvalue weighted by molar-refractivity contribution is 5.81. The monoisotopic (exact) mass is 308 g/mol. The molecule has 23 heavy (non-hydrogen) atoms. The number of rotatable bonds is 4. The van der Waals surface area contributed by atoms with Gasteiger partial charge in [-0.25, -0.2) is 4.79 Å². The molecule has 2 aromatic carbocycles. The lowest BCUT2D eigenvalue weighted by molar-refractivity contribution is -0.686. The van der Waals surface area contributed by atoms with E-state index in [1.165, 1.54) is 16.7 Å². The smallest absolute Gasteiger partial charge is 0.336 e. The molecule has 3 aromatic rings. The number of aryl methyl sites for hydroxylation is 3. The van der Waals surface area contributed by atoms with E-state index in [0.717, 1.165) is 29.6 Å². The molecule has 0 saturated heterocycles. The van der Waals surface area contributed by atoms with Crippen molar-refractivity contribution in [1.82, 2.24) is 0 Å². The van der Waals surface area contributed by atoms with Gasteiger partial charge in [0.15, 0.2) is 0 Å². The molecule has 0 amide bonds. The molecule has 0 unspecified atom stereocenters. The lowest BCUT2D eigenvalue weighted by Crippen LogP contribution is -2.80. The van der Waals surface area contributed by atoms with Crippen LogP contribution in [0.5, 0.6) is 0 Å². The van der Waals surface area contributed by atoms with E-state index < -0.39 is 0 Å². The molecule has 1 heterocycles. The first-order chi connectivity index (χ1) is 11.0. The summed E-state index contributed by atoms with van der Waals surface area (Å²) in [5.41, 5.74) is 6.35. The van der Waals surface area contributed by atoms with Gasteiger partial charge in [-0.1, -0.05) is 29.8 Å². The molecule has 0 saturated carbocycles. The molecule has 3 rings (SSSR count). The largest absolute Gasteiger partial charge is 0.423 e. The highest BCUT2D eigenvalue weighted by Crippen LogP contribution is 2.21. The fourth-order valence-corrected chi connectivity index (χ4v) is 2.77. The third kappa shape index (κ3) is 3.51. The molecule has 0 atom stereocenters. The van der Waals surface area contributed by atoms with Gasteiger partial charge < -0.3 is 9.73 Å². The van der Waals surface area contributed by atoms with E-state index in [0.29, 0.717) is 5.58 Å². The number of benzene rings is 2. The lowest BCUT2D eigenvalue weighted by atomic mass is 10.0. The van der Waals surface area contributed by atoms with Gasteiger partial charge >= 0.3 is 5.63 Å². The fourth-order valence-electron chi connectivity index (χ4n) is 2.77. The molecule has 0 bridgehead atoms. The van der Waals surface area contributed by atoms with Crippen molar-refractivity contribution in [3.63, 3.8) is 0 Å². The number of quaternary nitrogens is 1. The summed E-state index contributed by atoms with van der Waals surface area (Å²) in [5, 5.41) is 3.25. The summed E-state index contributed by atoms with van der Waals surface area (Å²) in [7, 11) is 0. The third-order valence-electron chi connectivity index (χ3n) is 4.31. The van der Waals surface area contributed by atoms with Crippen LogP contribution in [0.1, 0.15) is 27.8 Å². The summed E-state index contributed by atoms with van der Waals surface area (Å²) in [5.74, 6) is 0. The predicted octanol–water partition coefficient (Wildman–Crippen LogP) is 2.98. The molecule has 3 nitrogen and oxygen atoms in total. The average Bonchev–Trinajstić information content (AvgIpc) is 2.51. The zero-order chi connectivity index (χ0) is 16.4. The van der Waals surface area contributed by atoms with Crippen molar-refractivity contribution in [3.8, 4) is 0 Å². The maximum Gasteiger partial charge on any atom is 0.336 e. The van der Waals surface area contributed by atoms with Crippen LogP contribution in [0.3, 0.4) is 0 Å². The molecular weight excluding hydrogens is 286 g/mol. The van der Waals surface area contributed by atoms with E-state index in [1.54, 1.807) is 6.07 Å². The van der Waals surface area contributed by atoms with Gasteiger partial charge in [-0.05, 0) is 44.0 Å². The number of fused-ring (bicyclic) bond motifs is 1. The summed E-state index contributed by atoms with van der Waals surface area (Å²) in [6.07, 6.45) is 0. The Bertz CT molecular complexity index is 892. The number of hydrogen-bond donors (Lipinski definition) is 1. The Kier molecular flexibility index (Phi) is 4.30. The van der Waals surface area contributed by atoms with E-state index in [9.17, 15) is 4.79 Å². The first kappa shape index (κ1) is 15.5. The van der Waals surface area contributed by atoms with Crippen molar-refractivity contribution in [2.75, 3.05) is 0 Å². The topological polar surface area (TPSA) is 46.8 Å². The van der Waals surface area contributed by atoms with Crippen molar-refractivity contribution in [3.05, 3.63) is 80.7 Å². The van der Waals surface area contributed by atoms with Gasteiger partial charge in [-0.3, -0.25) is 0 Å². The first-order valence-electron chi connectivity index (χ1n) is 7.94. The Morgan fingerprint density at radius 1 is 0.913 bits per heavy atom. The van der Waals surface area contributed by atoms with Crippen LogP contribution in [-0.4, -0.2) is 0 Å². The van der Waals surface area contributed by atoms with Crippen LogP contribution >= 0.6 is 0 Å². The first-order valence-corrected chi connectivity index (χ1v) is 7.94. The van der Waals surface area contributed by atoms with Crippen molar-refractivity contribution >= 4 is 11.0 Å². The maximum absolute atomic E-state index is 11.8. The minimum absolute atomic E-state index is 0.278. The SMILES string of the molecule is Cc1ccc(C[NH2+]Cc2cc(=O)oc3cc(C)c(C)cc23)cc1. The molecule has 0 radical (unpaired) electrons. The molecule has 0 fully saturated rings. The second-order valence-corrected chi connectivity index (χ2v) is 6.21. The summed E-state index contributed by atoms with van der Waals surface area (Å²) in [6.45, 7) is 7.86. The van der Waals surface area contributed by atoms with Crippen LogP contribution in [0.15, 0.2) is 51.7 Å². The molecule has 3 heteroatoms. The van der Waals surface area contributed by atoms with Crippen LogP contribution < -0.4 is 10.9 Å². The summed E-state index contributed by atoms with van der Waals surface area (Å²) in [4.78, 5) is 11.8. The molecular formula is C20H22NO2+. The quantitative estimate of drug-likeness (QED) is 0.753. The average molecular weight is 308 g/mol. The van der Waals surface area contributed by atoms with Crippen molar-refractivity contribution in [1.29, 1.82) is 0 Å². The van der Waals surface area contributed by atoms with E-state index in [2.05, 4.69) is 49.5 Å². The van der Waals surface area contributed by atoms with Gasteiger partial charge in [0.2, 0.25) is 0 Å². The zero-order valence-corrected chi connectivity index (χ0v) is 13.8. The molecule has 0 aliphatic carbocycles. The van der Waals surface area contributed by atoms with E-state index >= 15 is 0 Å². The summed E-state index contributed by atoms with van der Waals surface area (Å²) >= 11 is 0. The van der Waals surface area contributed by atoms with Crippen LogP contribution in [0.25, 0.3) is 11.0 Å². The Hall–Kier alpha value is -2.39. The van der Waals surface area contributed by atoms with Crippen LogP contribution in [0, 0.1) is 20.8 Å². The van der Waals surface area contributed by atoms with Gasteiger partial charge in [0.1, 0.15) is 18.7 Å². The molecule has 118 valence electrons. The van der Waals surface area contributed by atoms with E-state index in [4.69, 9.17) is 4.42 Å². The second-order valence-electron chi connectivity index (χ2n) is 6.21. The van der Waals surface area contributed by atoms with Crippen LogP contribution in [0.4, 0.5) is 0 Å². The Morgan fingerprint density at radius 2 is 1.61 bits per heavy atom. The molecule has 2 N–H and O–H groups in total. The number of nitrogens with two attached hydrogens (primary N) is 1. The highest BCUT2D eigenvalue weighted by atomic mass is 16.4. The molecule has 0 aliphatic heterocycles. The van der Waals surface area contributed by atoms with E-state index in [-0.39, 0.29) is 5.63 Å². The van der Waals surface area contributed by atoms with Crippen molar-refractivity contribution in [2.45, 2.75) is 33.9 Å². The van der Waals surface area contributed by atoms with Crippen LogP contribution in [0.2, 0.25) is 0 Å². The standard InChI is InChI=1S/C20H21NO2/c1-13-4-6-16(7-5-13)11-21-12-17-10-20(22)23-19-9-15(3)14(2)8-18(17)19/h4-10,21H,11-12H2,1-3H3/p+1. The summed E-state index contributed by atoms with van der Waals surface area (Å²) < 4.78 is 5.35. The maximum atomic E-state index is 11.8. The zero-order valence-electron chi connectivity index (χ0n) is 13.8. The van der Waals surface area contributed by atoms with E-state index in [1.807, 2.05) is 13.0 Å². The van der Waals surface area contributed by atoms with Gasteiger partial charge in [0.05, 0.1) is 0 Å². The highest BCUT2D eigenvalue weighted by Gasteiger charge is 2.09. The van der Waals surface area contributed by atoms with Crippen LogP contribution in [-0.2, 0) is 13.1 Å². The Morgan fingerprint density at radius 3 is 2.35 bits per heavy atom. The fraction of sp³-hybridized carbons (Fsp3) is 0.250.